The van der Waals surface area contributed by atoms with E-state index in [1.54, 1.807) is 18.2 Å². The highest BCUT2D eigenvalue weighted by Gasteiger charge is 2.08. The Balaban J connectivity index is 2.36. The molecular weight excluding hydrogens is 322 g/mol. The van der Waals surface area contributed by atoms with E-state index in [0.29, 0.717) is 26.6 Å². The lowest BCUT2D eigenvalue weighted by Gasteiger charge is -2.11. The number of rotatable bonds is 3. The zero-order valence-corrected chi connectivity index (χ0v) is 11.5. The summed E-state index contributed by atoms with van der Waals surface area (Å²) in [6.45, 7) is -0.161. The highest BCUT2D eigenvalue weighted by Crippen LogP contribution is 2.33. The fourth-order valence-electron chi connectivity index (χ4n) is 1.43. The molecule has 0 aliphatic heterocycles. The fraction of sp³-hybridized carbons (Fsp3) is 0.0769. The van der Waals surface area contributed by atoms with Crippen LogP contribution in [0.5, 0.6) is 11.5 Å². The molecule has 0 saturated heterocycles. The summed E-state index contributed by atoms with van der Waals surface area (Å²) in [7, 11) is 0. The van der Waals surface area contributed by atoms with Gasteiger partial charge in [0.05, 0.1) is 11.1 Å². The lowest BCUT2D eigenvalue weighted by molar-refractivity contribution is 0.276. The first kappa shape index (κ1) is 13.3. The molecule has 2 aromatic rings. The minimum Gasteiger partial charge on any atom is -0.456 e. The average molecular weight is 332 g/mol. The first-order chi connectivity index (χ1) is 8.60. The highest BCUT2D eigenvalue weighted by molar-refractivity contribution is 9.10. The van der Waals surface area contributed by atoms with E-state index >= 15 is 0 Å². The van der Waals surface area contributed by atoms with E-state index in [2.05, 4.69) is 15.9 Å². The van der Waals surface area contributed by atoms with Crippen molar-refractivity contribution in [2.24, 2.45) is 0 Å². The normalized spacial score (nSPS) is 10.4. The molecule has 2 nitrogen and oxygen atoms in total. The molecule has 0 aliphatic carbocycles. The third-order valence-electron chi connectivity index (χ3n) is 2.31. The summed E-state index contributed by atoms with van der Waals surface area (Å²) in [5.41, 5.74) is 0.607. The van der Waals surface area contributed by atoms with E-state index in [0.717, 1.165) is 0 Å². The van der Waals surface area contributed by atoms with Gasteiger partial charge in [-0.3, -0.25) is 0 Å². The van der Waals surface area contributed by atoms with Crippen molar-refractivity contribution >= 4 is 27.5 Å². The monoisotopic (exact) mass is 330 g/mol. The third-order valence-corrected chi connectivity index (χ3v) is 3.17. The Kier molecular flexibility index (Phi) is 4.22. The van der Waals surface area contributed by atoms with Crippen molar-refractivity contribution in [3.8, 4) is 11.5 Å². The molecule has 2 rings (SSSR count). The van der Waals surface area contributed by atoms with Gasteiger partial charge in [0.15, 0.2) is 0 Å². The summed E-state index contributed by atoms with van der Waals surface area (Å²) in [5, 5.41) is 9.71. The van der Waals surface area contributed by atoms with E-state index in [4.69, 9.17) is 16.3 Å². The Morgan fingerprint density at radius 2 is 1.94 bits per heavy atom. The van der Waals surface area contributed by atoms with Crippen LogP contribution in [0.25, 0.3) is 0 Å². The van der Waals surface area contributed by atoms with Crippen molar-refractivity contribution in [1.29, 1.82) is 0 Å². The fourth-order valence-corrected chi connectivity index (χ4v) is 2.02. The van der Waals surface area contributed by atoms with Gasteiger partial charge >= 0.3 is 0 Å². The lowest BCUT2D eigenvalue weighted by Crippen LogP contribution is -1.92. The molecule has 0 heterocycles. The van der Waals surface area contributed by atoms with Crippen LogP contribution < -0.4 is 4.74 Å². The second kappa shape index (κ2) is 5.69. The maximum atomic E-state index is 12.9. The molecule has 94 valence electrons. The number of aliphatic hydroxyl groups excluding tert-OH is 1. The number of hydrogen-bond donors (Lipinski definition) is 1. The van der Waals surface area contributed by atoms with Gasteiger partial charge in [0, 0.05) is 10.6 Å². The molecular formula is C13H9BrClFO2. The molecule has 0 bridgehead atoms. The predicted octanol–water partition coefficient (Wildman–Crippen LogP) is 4.53. The Morgan fingerprint density at radius 3 is 2.61 bits per heavy atom. The van der Waals surface area contributed by atoms with Crippen LogP contribution in [0.15, 0.2) is 40.9 Å². The molecule has 0 aliphatic rings. The van der Waals surface area contributed by atoms with Gasteiger partial charge < -0.3 is 9.84 Å². The average Bonchev–Trinajstić information content (AvgIpc) is 2.33. The molecule has 0 radical (unpaired) electrons. The van der Waals surface area contributed by atoms with Gasteiger partial charge in [-0.1, -0.05) is 17.7 Å². The van der Waals surface area contributed by atoms with Gasteiger partial charge in [-0.15, -0.1) is 0 Å². The van der Waals surface area contributed by atoms with Crippen molar-refractivity contribution in [2.45, 2.75) is 6.61 Å². The number of benzene rings is 2. The second-order valence-corrected chi connectivity index (χ2v) is 4.88. The van der Waals surface area contributed by atoms with Crippen LogP contribution in [0.2, 0.25) is 5.02 Å². The number of halogens is 3. The van der Waals surface area contributed by atoms with Crippen LogP contribution in [-0.2, 0) is 6.61 Å². The lowest BCUT2D eigenvalue weighted by atomic mass is 10.2. The molecule has 1 N–H and O–H groups in total. The number of hydrogen-bond acceptors (Lipinski definition) is 2. The van der Waals surface area contributed by atoms with Gasteiger partial charge in [-0.25, -0.2) is 4.39 Å². The maximum absolute atomic E-state index is 12.9. The largest absolute Gasteiger partial charge is 0.456 e. The van der Waals surface area contributed by atoms with E-state index in [9.17, 15) is 9.50 Å². The molecule has 0 aromatic heterocycles. The van der Waals surface area contributed by atoms with Gasteiger partial charge in [-0.2, -0.15) is 0 Å². The van der Waals surface area contributed by atoms with Crippen molar-refractivity contribution in [3.63, 3.8) is 0 Å². The van der Waals surface area contributed by atoms with Crippen molar-refractivity contribution in [1.82, 2.24) is 0 Å². The van der Waals surface area contributed by atoms with Crippen LogP contribution in [0, 0.1) is 5.82 Å². The van der Waals surface area contributed by atoms with Crippen molar-refractivity contribution in [2.75, 3.05) is 0 Å². The van der Waals surface area contributed by atoms with E-state index < -0.39 is 0 Å². The Morgan fingerprint density at radius 1 is 1.17 bits per heavy atom. The minimum absolute atomic E-state index is 0.161. The van der Waals surface area contributed by atoms with Crippen LogP contribution in [-0.4, -0.2) is 5.11 Å². The number of ether oxygens (including phenoxy) is 1. The molecule has 0 spiro atoms. The smallest absolute Gasteiger partial charge is 0.141 e. The Hall–Kier alpha value is -1.10. The standard InChI is InChI=1S/C13H9BrClFO2/c14-11-6-10(16)3-4-12(11)18-13-5-9(15)2-1-8(13)7-17/h1-6,17H,7H2. The maximum Gasteiger partial charge on any atom is 0.141 e. The summed E-state index contributed by atoms with van der Waals surface area (Å²) < 4.78 is 19.1. The quantitative estimate of drug-likeness (QED) is 0.895. The first-order valence-electron chi connectivity index (χ1n) is 5.12. The van der Waals surface area contributed by atoms with Crippen LogP contribution >= 0.6 is 27.5 Å². The minimum atomic E-state index is -0.359. The zero-order valence-electron chi connectivity index (χ0n) is 9.16. The van der Waals surface area contributed by atoms with Gasteiger partial charge in [-0.05, 0) is 46.3 Å². The summed E-state index contributed by atoms with van der Waals surface area (Å²) in [5.74, 6) is 0.536. The topological polar surface area (TPSA) is 29.5 Å². The molecule has 0 unspecified atom stereocenters. The molecule has 2 aromatic carbocycles. The van der Waals surface area contributed by atoms with Crippen LogP contribution in [0.4, 0.5) is 4.39 Å². The van der Waals surface area contributed by atoms with Crippen molar-refractivity contribution < 1.29 is 14.2 Å². The molecule has 18 heavy (non-hydrogen) atoms. The van der Waals surface area contributed by atoms with Crippen LogP contribution in [0.1, 0.15) is 5.56 Å². The van der Waals surface area contributed by atoms with Gasteiger partial charge in [0.25, 0.3) is 0 Å². The number of aliphatic hydroxyl groups is 1. The van der Waals surface area contributed by atoms with Gasteiger partial charge in [0.1, 0.15) is 17.3 Å². The Labute approximate surface area is 117 Å². The Bertz CT molecular complexity index is 575. The van der Waals surface area contributed by atoms with Crippen molar-refractivity contribution in [3.05, 3.63) is 57.3 Å². The first-order valence-corrected chi connectivity index (χ1v) is 6.29. The summed E-state index contributed by atoms with van der Waals surface area (Å²) in [4.78, 5) is 0. The predicted molar refractivity (Wildman–Crippen MR) is 71.5 cm³/mol. The van der Waals surface area contributed by atoms with E-state index in [1.807, 2.05) is 0 Å². The van der Waals surface area contributed by atoms with Crippen LogP contribution in [0.3, 0.4) is 0 Å². The summed E-state index contributed by atoms with van der Waals surface area (Å²) in [6.07, 6.45) is 0. The summed E-state index contributed by atoms with van der Waals surface area (Å²) in [6, 6.07) is 9.04. The van der Waals surface area contributed by atoms with Gasteiger partial charge in [0.2, 0.25) is 0 Å². The molecule has 0 amide bonds. The molecule has 5 heteroatoms. The SMILES string of the molecule is OCc1ccc(Cl)cc1Oc1ccc(F)cc1Br. The molecule has 0 atom stereocenters. The van der Waals surface area contributed by atoms with E-state index in [1.165, 1.54) is 18.2 Å². The van der Waals surface area contributed by atoms with E-state index in [-0.39, 0.29) is 12.4 Å². The molecule has 0 fully saturated rings. The molecule has 0 saturated carbocycles. The zero-order chi connectivity index (χ0) is 13.1. The highest BCUT2D eigenvalue weighted by atomic mass is 79.9. The second-order valence-electron chi connectivity index (χ2n) is 3.59. The third kappa shape index (κ3) is 3.02. The summed E-state index contributed by atoms with van der Waals surface area (Å²) >= 11 is 9.08.